The minimum atomic E-state index is -3.86. The molecule has 6 aliphatic carbocycles. The molecule has 0 radical (unpaired) electrons. The van der Waals surface area contributed by atoms with Crippen LogP contribution in [-0.4, -0.2) is 29.0 Å². The van der Waals surface area contributed by atoms with Crippen LogP contribution in [0.3, 0.4) is 0 Å². The van der Waals surface area contributed by atoms with E-state index < -0.39 is 20.2 Å². The Morgan fingerprint density at radius 2 is 0.947 bits per heavy atom. The molecule has 8 rings (SSSR count). The van der Waals surface area contributed by atoms with Crippen LogP contribution in [0, 0.1) is 73.0 Å². The van der Waals surface area contributed by atoms with E-state index in [0.29, 0.717) is 47.3 Å². The van der Waals surface area contributed by atoms with Crippen molar-refractivity contribution in [3.05, 3.63) is 71.8 Å². The maximum atomic E-state index is 13.3. The average Bonchev–Trinajstić information content (AvgIpc) is 3.65. The first-order chi connectivity index (χ1) is 18.1. The summed E-state index contributed by atoms with van der Waals surface area (Å²) in [5.74, 6) is 3.68. The van der Waals surface area contributed by atoms with Gasteiger partial charge < -0.3 is 0 Å². The predicted octanol–water partition coefficient (Wildman–Crippen LogP) is 4.73. The second-order valence-corrected chi connectivity index (χ2v) is 15.8. The van der Waals surface area contributed by atoms with Gasteiger partial charge in [-0.15, -0.1) is 0 Å². The summed E-state index contributed by atoms with van der Waals surface area (Å²) >= 11 is 0. The van der Waals surface area contributed by atoms with E-state index in [1.165, 1.54) is 0 Å². The Bertz CT molecular complexity index is 1430. The largest absolute Gasteiger partial charge is 0.297 e. The van der Waals surface area contributed by atoms with Crippen LogP contribution in [0.1, 0.15) is 24.0 Å². The molecule has 0 heterocycles. The van der Waals surface area contributed by atoms with Crippen LogP contribution in [0.4, 0.5) is 0 Å². The predicted molar refractivity (Wildman–Crippen MR) is 140 cm³/mol. The van der Waals surface area contributed by atoms with Crippen LogP contribution in [0.15, 0.2) is 70.5 Å². The van der Waals surface area contributed by atoms with E-state index in [1.54, 1.807) is 48.5 Å². The van der Waals surface area contributed by atoms with E-state index >= 15 is 0 Å². The lowest BCUT2D eigenvalue weighted by atomic mass is 9.83. The summed E-state index contributed by atoms with van der Waals surface area (Å²) in [5.41, 5.74) is 2.01. The third kappa shape index (κ3) is 3.12. The number of hydrogen-bond donors (Lipinski definition) is 0. The number of rotatable bonds is 6. The van der Waals surface area contributed by atoms with E-state index in [9.17, 15) is 16.8 Å². The molecular weight excluding hydrogens is 520 g/mol. The summed E-state index contributed by atoms with van der Waals surface area (Å²) in [6.07, 6.45) is 5.39. The summed E-state index contributed by atoms with van der Waals surface area (Å²) < 4.78 is 65.1. The molecule has 0 aromatic heterocycles. The number of hydrogen-bond acceptors (Lipinski definition) is 6. The second-order valence-electron chi connectivity index (χ2n) is 12.6. The molecule has 6 nitrogen and oxygen atoms in total. The maximum absolute atomic E-state index is 13.3. The van der Waals surface area contributed by atoms with Gasteiger partial charge in [-0.05, 0) is 110 Å². The molecule has 0 bridgehead atoms. The average molecular weight is 553 g/mol. The van der Waals surface area contributed by atoms with Crippen LogP contribution in [-0.2, 0) is 28.6 Å². The molecule has 6 aliphatic rings. The van der Waals surface area contributed by atoms with Gasteiger partial charge in [0.15, 0.2) is 0 Å². The van der Waals surface area contributed by atoms with Crippen LogP contribution in [0.2, 0.25) is 0 Å². The van der Waals surface area contributed by atoms with Crippen LogP contribution < -0.4 is 0 Å². The topological polar surface area (TPSA) is 86.7 Å². The molecule has 0 saturated heterocycles. The second kappa shape index (κ2) is 7.80. The highest BCUT2D eigenvalue weighted by molar-refractivity contribution is 7.87. The number of allylic oxidation sites excluding steroid dienone is 2. The molecule has 2 aromatic rings. The zero-order chi connectivity index (χ0) is 26.1. The monoisotopic (exact) mass is 552 g/mol. The van der Waals surface area contributed by atoms with Gasteiger partial charge in [0.05, 0.1) is 22.0 Å². The third-order valence-electron chi connectivity index (χ3n) is 11.1. The molecule has 12 atom stereocenters. The lowest BCUT2D eigenvalue weighted by Crippen LogP contribution is -2.31. The van der Waals surface area contributed by atoms with E-state index in [0.717, 1.165) is 24.0 Å². The van der Waals surface area contributed by atoms with Crippen molar-refractivity contribution in [3.63, 3.8) is 0 Å². The van der Waals surface area contributed by atoms with Gasteiger partial charge in [-0.3, -0.25) is 8.37 Å². The van der Waals surface area contributed by atoms with Crippen molar-refractivity contribution in [2.75, 3.05) is 0 Å². The van der Waals surface area contributed by atoms with Crippen molar-refractivity contribution in [3.8, 4) is 0 Å². The highest BCUT2D eigenvalue weighted by atomic mass is 32.2. The standard InChI is InChI=1S/C30H32O6S2/c1-15-3-7-17(8-4-15)37(31,32)35-23-13-21-22-14-24(36-38(33,34)18-9-5-16(2)6-10-18)27-20-12-11-19-25(20)30(29(22)27)28(21)26(19)23/h3-12,19-30H,13-14H2,1-2H3/t19-,20-,21-,22+,23+,24-,25?,26-,27+,28+,29+,30?/m1/s1. The van der Waals surface area contributed by atoms with Crippen molar-refractivity contribution >= 4 is 20.2 Å². The van der Waals surface area contributed by atoms with Crippen molar-refractivity contribution in [2.45, 2.75) is 48.7 Å². The molecule has 0 aliphatic heterocycles. The molecular formula is C30H32O6S2. The summed E-state index contributed by atoms with van der Waals surface area (Å²) in [6, 6.07) is 13.7. The summed E-state index contributed by atoms with van der Waals surface area (Å²) in [6.45, 7) is 3.87. The lowest BCUT2D eigenvalue weighted by Gasteiger charge is -2.28. The van der Waals surface area contributed by atoms with Crippen molar-refractivity contribution in [2.24, 2.45) is 59.2 Å². The van der Waals surface area contributed by atoms with E-state index in [4.69, 9.17) is 8.37 Å². The van der Waals surface area contributed by atoms with Gasteiger partial charge in [0.2, 0.25) is 0 Å². The molecule has 5 saturated carbocycles. The van der Waals surface area contributed by atoms with Gasteiger partial charge >= 0.3 is 0 Å². The molecule has 0 amide bonds. The van der Waals surface area contributed by atoms with Gasteiger partial charge in [0.1, 0.15) is 0 Å². The molecule has 38 heavy (non-hydrogen) atoms. The number of aryl methyl sites for hydroxylation is 2. The molecule has 8 heteroatoms. The first-order valence-corrected chi connectivity index (χ1v) is 16.6. The first kappa shape index (κ1) is 23.9. The molecule has 2 unspecified atom stereocenters. The number of fused-ring (bicyclic) bond motifs is 3. The zero-order valence-corrected chi connectivity index (χ0v) is 23.0. The van der Waals surface area contributed by atoms with Crippen molar-refractivity contribution in [1.29, 1.82) is 0 Å². The normalized spacial score (nSPS) is 43.3. The lowest BCUT2D eigenvalue weighted by molar-refractivity contribution is 0.108. The third-order valence-corrected chi connectivity index (χ3v) is 13.8. The maximum Gasteiger partial charge on any atom is 0.297 e. The smallest absolute Gasteiger partial charge is 0.263 e. The molecule has 0 spiro atoms. The van der Waals surface area contributed by atoms with Gasteiger partial charge in [-0.25, -0.2) is 0 Å². The fourth-order valence-corrected chi connectivity index (χ4v) is 12.3. The molecule has 5 fully saturated rings. The van der Waals surface area contributed by atoms with Gasteiger partial charge in [0, 0.05) is 0 Å². The van der Waals surface area contributed by atoms with Gasteiger partial charge in [0.25, 0.3) is 20.2 Å². The summed E-state index contributed by atoms with van der Waals surface area (Å²) in [4.78, 5) is 0.429. The van der Waals surface area contributed by atoms with E-state index in [-0.39, 0.29) is 33.8 Å². The Morgan fingerprint density at radius 1 is 0.553 bits per heavy atom. The van der Waals surface area contributed by atoms with Crippen LogP contribution in [0.5, 0.6) is 0 Å². The molecule has 200 valence electrons. The molecule has 2 aromatic carbocycles. The quantitative estimate of drug-likeness (QED) is 0.380. The zero-order valence-electron chi connectivity index (χ0n) is 21.4. The fourth-order valence-electron chi connectivity index (χ4n) is 10.1. The Kier molecular flexibility index (Phi) is 4.90. The SMILES string of the molecule is Cc1ccc(S(=O)(=O)O[C@H]2C[C@@H]3[C@@H]4C[C@@H](OS(=O)(=O)c5ccc(C)cc5)[C@H]5[C@H]4C4C6[C@@H](C=C[C@H]65)[C@H]2[C@@H]43)cc1. The molecule has 0 N–H and O–H groups in total. The van der Waals surface area contributed by atoms with Crippen molar-refractivity contribution < 1.29 is 25.2 Å². The highest BCUT2D eigenvalue weighted by Gasteiger charge is 2.77. The van der Waals surface area contributed by atoms with E-state index in [2.05, 4.69) is 12.2 Å². The summed E-state index contributed by atoms with van der Waals surface area (Å²) in [7, 11) is -7.71. The van der Waals surface area contributed by atoms with E-state index in [1.807, 2.05) is 13.8 Å². The van der Waals surface area contributed by atoms with Crippen molar-refractivity contribution in [1.82, 2.24) is 0 Å². The first-order valence-electron chi connectivity index (χ1n) is 13.8. The number of benzene rings is 2. The van der Waals surface area contributed by atoms with Gasteiger partial charge in [-0.1, -0.05) is 47.5 Å². The van der Waals surface area contributed by atoms with Crippen LogP contribution in [0.25, 0.3) is 0 Å². The van der Waals surface area contributed by atoms with Crippen LogP contribution >= 0.6 is 0 Å². The van der Waals surface area contributed by atoms with Gasteiger partial charge in [-0.2, -0.15) is 16.8 Å². The summed E-state index contributed by atoms with van der Waals surface area (Å²) in [5, 5.41) is 0. The minimum Gasteiger partial charge on any atom is -0.263 e. The Morgan fingerprint density at radius 3 is 1.34 bits per heavy atom. The Balaban J connectivity index is 1.09. The minimum absolute atomic E-state index is 0.215. The Hall–Kier alpha value is -2.00. The fraction of sp³-hybridized carbons (Fsp3) is 0.533. The Labute approximate surface area is 224 Å². The highest BCUT2D eigenvalue weighted by Crippen LogP contribution is 2.79.